The van der Waals surface area contributed by atoms with Crippen LogP contribution in [-0.2, 0) is 6.54 Å². The van der Waals surface area contributed by atoms with Crippen molar-refractivity contribution in [2.75, 3.05) is 5.32 Å². The Bertz CT molecular complexity index is 514. The van der Waals surface area contributed by atoms with Gasteiger partial charge < -0.3 is 9.88 Å². The normalized spacial score (nSPS) is 10.6. The van der Waals surface area contributed by atoms with Crippen LogP contribution in [0.4, 0.5) is 24.8 Å². The van der Waals surface area contributed by atoms with Gasteiger partial charge in [-0.3, -0.25) is 0 Å². The van der Waals surface area contributed by atoms with Gasteiger partial charge in [-0.15, -0.1) is 0 Å². The van der Waals surface area contributed by atoms with Crippen molar-refractivity contribution in [1.82, 2.24) is 9.55 Å². The maximum Gasteiger partial charge on any atom is 0.207 e. The van der Waals surface area contributed by atoms with E-state index in [2.05, 4.69) is 10.3 Å². The summed E-state index contributed by atoms with van der Waals surface area (Å²) in [5.74, 6) is -3.50. The molecule has 0 saturated carbocycles. The average Bonchev–Trinajstić information content (AvgIpc) is 2.73. The summed E-state index contributed by atoms with van der Waals surface area (Å²) in [6, 6.07) is 1.76. The molecule has 6 heteroatoms. The summed E-state index contributed by atoms with van der Waals surface area (Å²) in [5, 5.41) is 2.72. The molecule has 0 amide bonds. The molecule has 0 unspecified atom stereocenters. The molecular weight excluding hydrogens is 231 g/mol. The van der Waals surface area contributed by atoms with Crippen molar-refractivity contribution in [2.45, 2.75) is 13.5 Å². The number of aryl methyl sites for hydroxylation is 1. The van der Waals surface area contributed by atoms with Crippen molar-refractivity contribution in [3.8, 4) is 0 Å². The number of rotatable bonds is 3. The van der Waals surface area contributed by atoms with Crippen LogP contribution in [0.5, 0.6) is 0 Å². The van der Waals surface area contributed by atoms with E-state index in [1.54, 1.807) is 17.0 Å². The molecule has 17 heavy (non-hydrogen) atoms. The molecule has 0 fully saturated rings. The topological polar surface area (TPSA) is 29.9 Å². The number of halogens is 3. The summed E-state index contributed by atoms with van der Waals surface area (Å²) in [6.45, 7) is 2.56. The predicted molar refractivity (Wildman–Crippen MR) is 57.5 cm³/mol. The van der Waals surface area contributed by atoms with Crippen LogP contribution in [0, 0.1) is 17.5 Å². The molecule has 1 aromatic heterocycles. The number of hydrogen-bond acceptors (Lipinski definition) is 2. The van der Waals surface area contributed by atoms with Gasteiger partial charge in [0.2, 0.25) is 5.95 Å². The first-order chi connectivity index (χ1) is 8.11. The quantitative estimate of drug-likeness (QED) is 0.837. The van der Waals surface area contributed by atoms with Crippen molar-refractivity contribution >= 4 is 11.6 Å². The summed E-state index contributed by atoms with van der Waals surface area (Å²) in [4.78, 5) is 3.98. The molecule has 0 aliphatic heterocycles. The highest BCUT2D eigenvalue weighted by Gasteiger charge is 2.11. The second kappa shape index (κ2) is 4.48. The number of imidazole rings is 1. The van der Waals surface area contributed by atoms with Gasteiger partial charge in [-0.25, -0.2) is 18.2 Å². The van der Waals surface area contributed by atoms with Crippen molar-refractivity contribution in [1.29, 1.82) is 0 Å². The van der Waals surface area contributed by atoms with Crippen molar-refractivity contribution < 1.29 is 13.2 Å². The maximum absolute atomic E-state index is 13.0. The van der Waals surface area contributed by atoms with E-state index in [9.17, 15) is 13.2 Å². The number of aromatic nitrogens is 2. The van der Waals surface area contributed by atoms with Crippen molar-refractivity contribution in [2.24, 2.45) is 0 Å². The van der Waals surface area contributed by atoms with Gasteiger partial charge in [0.15, 0.2) is 17.5 Å². The average molecular weight is 241 g/mol. The van der Waals surface area contributed by atoms with E-state index in [4.69, 9.17) is 0 Å². The summed E-state index contributed by atoms with van der Waals surface area (Å²) in [7, 11) is 0. The minimum Gasteiger partial charge on any atom is -0.325 e. The monoisotopic (exact) mass is 241 g/mol. The molecule has 1 heterocycles. The first-order valence-corrected chi connectivity index (χ1v) is 5.04. The Morgan fingerprint density at radius 3 is 2.47 bits per heavy atom. The molecule has 1 aromatic carbocycles. The van der Waals surface area contributed by atoms with Crippen molar-refractivity contribution in [3.05, 3.63) is 42.0 Å². The van der Waals surface area contributed by atoms with Crippen molar-refractivity contribution in [3.63, 3.8) is 0 Å². The molecule has 90 valence electrons. The lowest BCUT2D eigenvalue weighted by Crippen LogP contribution is -2.03. The predicted octanol–water partition coefficient (Wildman–Crippen LogP) is 3.06. The van der Waals surface area contributed by atoms with E-state index in [1.165, 1.54) is 0 Å². The van der Waals surface area contributed by atoms with Gasteiger partial charge >= 0.3 is 0 Å². The van der Waals surface area contributed by atoms with Gasteiger partial charge in [0, 0.05) is 36.8 Å². The van der Waals surface area contributed by atoms with E-state index in [1.807, 2.05) is 6.92 Å². The van der Waals surface area contributed by atoms with E-state index in [-0.39, 0.29) is 5.69 Å². The van der Waals surface area contributed by atoms with Gasteiger partial charge in [0.25, 0.3) is 0 Å². The summed E-state index contributed by atoms with van der Waals surface area (Å²) in [5.41, 5.74) is 0.113. The van der Waals surface area contributed by atoms with Gasteiger partial charge in [-0.05, 0) is 6.92 Å². The second-order valence-corrected chi connectivity index (χ2v) is 3.42. The fraction of sp³-hybridized carbons (Fsp3) is 0.182. The molecule has 0 aliphatic carbocycles. The van der Waals surface area contributed by atoms with Crippen LogP contribution in [0.3, 0.4) is 0 Å². The number of hydrogen-bond donors (Lipinski definition) is 1. The Hall–Kier alpha value is -1.98. The first-order valence-electron chi connectivity index (χ1n) is 5.04. The Morgan fingerprint density at radius 2 is 1.88 bits per heavy atom. The molecule has 0 aliphatic rings. The summed E-state index contributed by atoms with van der Waals surface area (Å²) in [6.07, 6.45) is 3.28. The molecule has 0 atom stereocenters. The molecule has 3 nitrogen and oxygen atoms in total. The smallest absolute Gasteiger partial charge is 0.207 e. The Labute approximate surface area is 95.9 Å². The van der Waals surface area contributed by atoms with Crippen LogP contribution in [0.2, 0.25) is 0 Å². The molecule has 0 radical (unpaired) electrons. The Morgan fingerprint density at radius 1 is 1.24 bits per heavy atom. The summed E-state index contributed by atoms with van der Waals surface area (Å²) < 4.78 is 40.4. The van der Waals surface area contributed by atoms with Gasteiger partial charge in [0.1, 0.15) is 0 Å². The van der Waals surface area contributed by atoms with E-state index >= 15 is 0 Å². The van der Waals surface area contributed by atoms with Crippen LogP contribution in [0.15, 0.2) is 24.5 Å². The zero-order valence-electron chi connectivity index (χ0n) is 9.04. The van der Waals surface area contributed by atoms with Gasteiger partial charge in [0.05, 0.1) is 0 Å². The minimum atomic E-state index is -1.48. The molecule has 0 bridgehead atoms. The molecular formula is C11H10F3N3. The fourth-order valence-corrected chi connectivity index (χ4v) is 1.45. The Balaban J connectivity index is 2.31. The van der Waals surface area contributed by atoms with E-state index in [0.717, 1.165) is 12.1 Å². The number of nitrogens with one attached hydrogen (secondary N) is 1. The lowest BCUT2D eigenvalue weighted by molar-refractivity contribution is 0.448. The fourth-order valence-electron chi connectivity index (χ4n) is 1.45. The van der Waals surface area contributed by atoms with Crippen LogP contribution in [0.1, 0.15) is 6.92 Å². The SMILES string of the molecule is CCn1ccnc1Nc1cc(F)c(F)c(F)c1. The first kappa shape index (κ1) is 11.5. The third-order valence-electron chi connectivity index (χ3n) is 2.30. The Kier molecular flexibility index (Phi) is 3.03. The highest BCUT2D eigenvalue weighted by atomic mass is 19.2. The van der Waals surface area contributed by atoms with Gasteiger partial charge in [-0.1, -0.05) is 0 Å². The zero-order chi connectivity index (χ0) is 12.4. The van der Waals surface area contributed by atoms with E-state index < -0.39 is 17.5 Å². The second-order valence-electron chi connectivity index (χ2n) is 3.42. The molecule has 0 saturated heterocycles. The largest absolute Gasteiger partial charge is 0.325 e. The summed E-state index contributed by atoms with van der Waals surface area (Å²) >= 11 is 0. The van der Waals surface area contributed by atoms with Crippen LogP contribution >= 0.6 is 0 Å². The van der Waals surface area contributed by atoms with Gasteiger partial charge in [-0.2, -0.15) is 0 Å². The maximum atomic E-state index is 13.0. The van der Waals surface area contributed by atoms with Crippen LogP contribution in [0.25, 0.3) is 0 Å². The highest BCUT2D eigenvalue weighted by Crippen LogP contribution is 2.20. The lowest BCUT2D eigenvalue weighted by Gasteiger charge is -2.08. The molecule has 0 spiro atoms. The highest BCUT2D eigenvalue weighted by molar-refractivity contribution is 5.53. The molecule has 2 rings (SSSR count). The van der Waals surface area contributed by atoms with Crippen LogP contribution in [-0.4, -0.2) is 9.55 Å². The third-order valence-corrected chi connectivity index (χ3v) is 2.30. The van der Waals surface area contributed by atoms with E-state index in [0.29, 0.717) is 12.5 Å². The third kappa shape index (κ3) is 2.25. The number of benzene rings is 1. The molecule has 1 N–H and O–H groups in total. The standard InChI is InChI=1S/C11H10F3N3/c1-2-17-4-3-15-11(17)16-7-5-8(12)10(14)9(13)6-7/h3-6H,2H2,1H3,(H,15,16). The molecule has 2 aromatic rings. The zero-order valence-corrected chi connectivity index (χ0v) is 9.04. The number of anilines is 2. The lowest BCUT2D eigenvalue weighted by atomic mass is 10.3. The number of nitrogens with zero attached hydrogens (tertiary/aromatic N) is 2. The van der Waals surface area contributed by atoms with Crippen LogP contribution < -0.4 is 5.32 Å². The minimum absolute atomic E-state index is 0.113.